The van der Waals surface area contributed by atoms with Crippen molar-refractivity contribution in [2.45, 2.75) is 13.3 Å². The number of nitrogens with one attached hydrogen (secondary N) is 1. The van der Waals surface area contributed by atoms with Crippen molar-refractivity contribution in [2.24, 2.45) is 7.05 Å². The van der Waals surface area contributed by atoms with E-state index >= 15 is 0 Å². The molecule has 0 aliphatic carbocycles. The highest BCUT2D eigenvalue weighted by molar-refractivity contribution is 5.85. The van der Waals surface area contributed by atoms with Crippen molar-refractivity contribution in [2.75, 3.05) is 19.0 Å². The lowest BCUT2D eigenvalue weighted by Gasteiger charge is -2.08. The third-order valence-corrected chi connectivity index (χ3v) is 2.83. The predicted molar refractivity (Wildman–Crippen MR) is 73.5 cm³/mol. The molecule has 0 atom stereocenters. The Kier molecular flexibility index (Phi) is 4.29. The molecule has 0 aliphatic heterocycles. The second-order valence-electron chi connectivity index (χ2n) is 4.33. The van der Waals surface area contributed by atoms with Crippen molar-refractivity contribution < 1.29 is 9.53 Å². The van der Waals surface area contributed by atoms with Gasteiger partial charge in [-0.05, 0) is 13.0 Å². The number of carbonyl (C=O) groups is 1. The summed E-state index contributed by atoms with van der Waals surface area (Å²) in [7, 11) is 3.21. The molecule has 7 nitrogen and oxygen atoms in total. The number of nitrogens with zero attached hydrogens (tertiary/aromatic N) is 4. The van der Waals surface area contributed by atoms with Gasteiger partial charge >= 0.3 is 5.97 Å². The molecule has 0 aromatic carbocycles. The fourth-order valence-corrected chi connectivity index (χ4v) is 1.81. The molecule has 2 heterocycles. The molecule has 0 radical (unpaired) electrons. The monoisotopic (exact) mass is 275 g/mol. The molecule has 1 N–H and O–H groups in total. The van der Waals surface area contributed by atoms with Crippen LogP contribution in [0.15, 0.2) is 18.3 Å². The molecule has 0 saturated heterocycles. The van der Waals surface area contributed by atoms with Gasteiger partial charge in [0.1, 0.15) is 5.82 Å². The van der Waals surface area contributed by atoms with E-state index in [0.717, 1.165) is 12.1 Å². The molecule has 7 heteroatoms. The molecule has 0 bridgehead atoms. The third kappa shape index (κ3) is 3.31. The summed E-state index contributed by atoms with van der Waals surface area (Å²) < 4.78 is 6.45. The fourth-order valence-electron chi connectivity index (χ4n) is 1.81. The van der Waals surface area contributed by atoms with E-state index < -0.39 is 5.97 Å². The number of ether oxygens (including phenoxy) is 1. The summed E-state index contributed by atoms with van der Waals surface area (Å²) in [6, 6.07) is 3.75. The number of methoxy groups -OCH3 is 1. The van der Waals surface area contributed by atoms with Crippen molar-refractivity contribution >= 4 is 11.8 Å². The van der Waals surface area contributed by atoms with Gasteiger partial charge in [0, 0.05) is 43.7 Å². The summed E-state index contributed by atoms with van der Waals surface area (Å²) in [6.07, 6.45) is 2.58. The molecule has 0 saturated carbocycles. The lowest BCUT2D eigenvalue weighted by Crippen LogP contribution is -2.13. The zero-order valence-electron chi connectivity index (χ0n) is 11.8. The lowest BCUT2D eigenvalue weighted by molar-refractivity contribution is 0.0586. The standard InChI is InChI=1S/C13H17N5O2/c1-9-8-11(17-12(16-9)13(19)20-3)14-6-4-10-5-7-15-18(10)2/h5,7-8H,4,6H2,1-3H3,(H,14,16,17). The first kappa shape index (κ1) is 14.0. The molecule has 0 amide bonds. The average Bonchev–Trinajstić information content (AvgIpc) is 2.83. The number of carbonyl (C=O) groups excluding carboxylic acids is 1. The average molecular weight is 275 g/mol. The van der Waals surface area contributed by atoms with Gasteiger partial charge in [-0.2, -0.15) is 5.10 Å². The molecule has 0 spiro atoms. The zero-order chi connectivity index (χ0) is 14.5. The largest absolute Gasteiger partial charge is 0.463 e. The maximum atomic E-state index is 11.4. The Balaban J connectivity index is 2.00. The van der Waals surface area contributed by atoms with E-state index in [9.17, 15) is 4.79 Å². The van der Waals surface area contributed by atoms with Crippen molar-refractivity contribution in [1.29, 1.82) is 0 Å². The molecule has 0 unspecified atom stereocenters. The second kappa shape index (κ2) is 6.14. The number of rotatable bonds is 5. The van der Waals surface area contributed by atoms with Gasteiger partial charge in [-0.15, -0.1) is 0 Å². The Morgan fingerprint density at radius 1 is 1.45 bits per heavy atom. The zero-order valence-corrected chi connectivity index (χ0v) is 11.8. The van der Waals surface area contributed by atoms with Crippen LogP contribution in [0.1, 0.15) is 22.0 Å². The predicted octanol–water partition coefficient (Wildman–Crippen LogP) is 0.960. The summed E-state index contributed by atoms with van der Waals surface area (Å²) in [4.78, 5) is 19.6. The van der Waals surface area contributed by atoms with Crippen LogP contribution < -0.4 is 5.32 Å². The summed E-state index contributed by atoms with van der Waals surface area (Å²) in [5, 5.41) is 7.28. The number of aryl methyl sites for hydroxylation is 2. The van der Waals surface area contributed by atoms with Gasteiger partial charge in [0.25, 0.3) is 0 Å². The van der Waals surface area contributed by atoms with Crippen LogP contribution in [0.25, 0.3) is 0 Å². The van der Waals surface area contributed by atoms with Crippen LogP contribution >= 0.6 is 0 Å². The highest BCUT2D eigenvalue weighted by atomic mass is 16.5. The van der Waals surface area contributed by atoms with E-state index in [1.54, 1.807) is 19.2 Å². The van der Waals surface area contributed by atoms with Gasteiger partial charge in [0.2, 0.25) is 5.82 Å². The van der Waals surface area contributed by atoms with Gasteiger partial charge in [-0.25, -0.2) is 14.8 Å². The molecule has 0 aliphatic rings. The summed E-state index contributed by atoms with van der Waals surface area (Å²) in [5.74, 6) is 0.138. The van der Waals surface area contributed by atoms with Crippen LogP contribution in [0.3, 0.4) is 0 Å². The van der Waals surface area contributed by atoms with Gasteiger partial charge in [0.15, 0.2) is 0 Å². The summed E-state index contributed by atoms with van der Waals surface area (Å²) >= 11 is 0. The van der Waals surface area contributed by atoms with Crippen LogP contribution in [0.4, 0.5) is 5.82 Å². The Bertz CT molecular complexity index is 609. The summed E-state index contributed by atoms with van der Waals surface area (Å²) in [6.45, 7) is 2.50. The fraction of sp³-hybridized carbons (Fsp3) is 0.385. The van der Waals surface area contributed by atoms with E-state index in [2.05, 4.69) is 25.1 Å². The van der Waals surface area contributed by atoms with Crippen LogP contribution in [0.2, 0.25) is 0 Å². The highest BCUT2D eigenvalue weighted by Gasteiger charge is 2.11. The number of anilines is 1. The van der Waals surface area contributed by atoms with E-state index in [4.69, 9.17) is 0 Å². The number of aromatic nitrogens is 4. The number of hydrogen-bond acceptors (Lipinski definition) is 6. The SMILES string of the molecule is COC(=O)c1nc(C)cc(NCCc2ccnn2C)n1. The molecule has 106 valence electrons. The van der Waals surface area contributed by atoms with Gasteiger partial charge in [-0.1, -0.05) is 0 Å². The van der Waals surface area contributed by atoms with Crippen LogP contribution in [0.5, 0.6) is 0 Å². The van der Waals surface area contributed by atoms with E-state index in [1.807, 2.05) is 17.8 Å². The summed E-state index contributed by atoms with van der Waals surface area (Å²) in [5.41, 5.74) is 1.83. The first-order valence-electron chi connectivity index (χ1n) is 6.25. The Hall–Kier alpha value is -2.44. The Morgan fingerprint density at radius 2 is 2.25 bits per heavy atom. The van der Waals surface area contributed by atoms with Crippen LogP contribution in [-0.2, 0) is 18.2 Å². The topological polar surface area (TPSA) is 81.9 Å². The lowest BCUT2D eigenvalue weighted by atomic mass is 10.3. The van der Waals surface area contributed by atoms with Crippen molar-refractivity contribution in [3.63, 3.8) is 0 Å². The van der Waals surface area contributed by atoms with Gasteiger partial charge < -0.3 is 10.1 Å². The van der Waals surface area contributed by atoms with Gasteiger partial charge in [0.05, 0.1) is 7.11 Å². The van der Waals surface area contributed by atoms with Crippen LogP contribution in [0, 0.1) is 6.92 Å². The molecule has 0 fully saturated rings. The highest BCUT2D eigenvalue weighted by Crippen LogP contribution is 2.07. The minimum atomic E-state index is -0.539. The van der Waals surface area contributed by atoms with Crippen molar-refractivity contribution in [1.82, 2.24) is 19.7 Å². The van der Waals surface area contributed by atoms with E-state index in [-0.39, 0.29) is 5.82 Å². The number of hydrogen-bond donors (Lipinski definition) is 1. The minimum Gasteiger partial charge on any atom is -0.463 e. The molecule has 20 heavy (non-hydrogen) atoms. The molecular formula is C13H17N5O2. The third-order valence-electron chi connectivity index (χ3n) is 2.83. The quantitative estimate of drug-likeness (QED) is 0.818. The van der Waals surface area contributed by atoms with E-state index in [1.165, 1.54) is 7.11 Å². The molecule has 2 aromatic heterocycles. The Labute approximate surface area is 117 Å². The first-order valence-corrected chi connectivity index (χ1v) is 6.25. The first-order chi connectivity index (χ1) is 9.60. The molecular weight excluding hydrogens is 258 g/mol. The van der Waals surface area contributed by atoms with E-state index in [0.29, 0.717) is 18.1 Å². The molecule has 2 aromatic rings. The minimum absolute atomic E-state index is 0.0653. The number of esters is 1. The van der Waals surface area contributed by atoms with Crippen molar-refractivity contribution in [3.8, 4) is 0 Å². The van der Waals surface area contributed by atoms with Crippen molar-refractivity contribution in [3.05, 3.63) is 35.5 Å². The maximum Gasteiger partial charge on any atom is 0.376 e. The second-order valence-corrected chi connectivity index (χ2v) is 4.33. The maximum absolute atomic E-state index is 11.4. The normalized spacial score (nSPS) is 10.3. The van der Waals surface area contributed by atoms with Gasteiger partial charge in [-0.3, -0.25) is 4.68 Å². The smallest absolute Gasteiger partial charge is 0.376 e. The van der Waals surface area contributed by atoms with Crippen LogP contribution in [-0.4, -0.2) is 39.4 Å². The molecule has 2 rings (SSSR count). The Morgan fingerprint density at radius 3 is 2.90 bits per heavy atom.